The highest BCUT2D eigenvalue weighted by atomic mass is 32.1. The minimum atomic E-state index is -0.207. The summed E-state index contributed by atoms with van der Waals surface area (Å²) in [6.45, 7) is 4.36. The average Bonchev–Trinajstić information content (AvgIpc) is 3.23. The van der Waals surface area contributed by atoms with E-state index in [1.807, 2.05) is 31.4 Å². The summed E-state index contributed by atoms with van der Waals surface area (Å²) in [5, 5.41) is 9.15. The van der Waals surface area contributed by atoms with Crippen molar-refractivity contribution in [3.8, 4) is 11.3 Å². The van der Waals surface area contributed by atoms with E-state index in [-0.39, 0.29) is 12.5 Å². The van der Waals surface area contributed by atoms with Gasteiger partial charge in [-0.25, -0.2) is 4.98 Å². The van der Waals surface area contributed by atoms with Crippen LogP contribution in [0.1, 0.15) is 41.0 Å². The van der Waals surface area contributed by atoms with Gasteiger partial charge in [-0.05, 0) is 18.1 Å². The Kier molecular flexibility index (Phi) is 4.47. The Balaban J connectivity index is 1.62. The van der Waals surface area contributed by atoms with Gasteiger partial charge in [0.2, 0.25) is 0 Å². The van der Waals surface area contributed by atoms with E-state index in [0.29, 0.717) is 22.4 Å². The second-order valence-corrected chi connectivity index (χ2v) is 6.19. The van der Waals surface area contributed by atoms with Crippen LogP contribution in [0, 0.1) is 0 Å². The van der Waals surface area contributed by atoms with Crippen molar-refractivity contribution in [2.75, 3.05) is 0 Å². The number of carbonyl (C=O) groups excluding carboxylic acids is 1. The van der Waals surface area contributed by atoms with Crippen LogP contribution >= 0.6 is 11.3 Å². The number of hydrogen-bond acceptors (Lipinski definition) is 6. The first-order valence-corrected chi connectivity index (χ1v) is 8.11. The molecule has 0 aliphatic heterocycles. The normalized spacial score (nSPS) is 10.9. The molecule has 0 radical (unpaired) electrons. The predicted octanol–water partition coefficient (Wildman–Crippen LogP) is 3.25. The Morgan fingerprint density at radius 3 is 3.00 bits per heavy atom. The first-order chi connectivity index (χ1) is 11.1. The molecule has 3 aromatic heterocycles. The molecule has 0 saturated carbocycles. The molecule has 118 valence electrons. The van der Waals surface area contributed by atoms with Crippen molar-refractivity contribution in [2.24, 2.45) is 0 Å². The summed E-state index contributed by atoms with van der Waals surface area (Å²) in [6, 6.07) is 5.52. The molecule has 0 bridgehead atoms. The molecule has 1 N–H and O–H groups in total. The number of hydrogen-bond donors (Lipinski definition) is 1. The number of aromatic nitrogens is 3. The lowest BCUT2D eigenvalue weighted by molar-refractivity contribution is 0.0946. The van der Waals surface area contributed by atoms with Gasteiger partial charge in [0.15, 0.2) is 10.8 Å². The topological polar surface area (TPSA) is 80.9 Å². The van der Waals surface area contributed by atoms with Crippen molar-refractivity contribution in [1.82, 2.24) is 20.4 Å². The maximum atomic E-state index is 12.1. The third-order valence-corrected chi connectivity index (χ3v) is 4.11. The van der Waals surface area contributed by atoms with Crippen molar-refractivity contribution in [3.05, 3.63) is 52.4 Å². The van der Waals surface area contributed by atoms with Crippen molar-refractivity contribution in [2.45, 2.75) is 26.3 Å². The van der Waals surface area contributed by atoms with Crippen molar-refractivity contribution < 1.29 is 9.32 Å². The smallest absolute Gasteiger partial charge is 0.280 e. The predicted molar refractivity (Wildman–Crippen MR) is 87.1 cm³/mol. The standard InChI is InChI=1S/C16H16N4O2S/c1-10(2)14-9-23-16(19-14)15(21)18-8-12-6-13(20-22-12)11-4-3-5-17-7-11/h3-7,9-10H,8H2,1-2H3,(H,18,21). The van der Waals surface area contributed by atoms with Gasteiger partial charge in [-0.2, -0.15) is 0 Å². The molecule has 0 aliphatic rings. The van der Waals surface area contributed by atoms with Gasteiger partial charge < -0.3 is 9.84 Å². The number of nitrogens with zero attached hydrogens (tertiary/aromatic N) is 3. The summed E-state index contributed by atoms with van der Waals surface area (Å²) in [6.07, 6.45) is 3.41. The minimum Gasteiger partial charge on any atom is -0.359 e. The minimum absolute atomic E-state index is 0.207. The second-order valence-electron chi connectivity index (χ2n) is 5.34. The Labute approximate surface area is 137 Å². The fraction of sp³-hybridized carbons (Fsp3) is 0.250. The zero-order valence-electron chi connectivity index (χ0n) is 12.8. The summed E-state index contributed by atoms with van der Waals surface area (Å²) in [4.78, 5) is 20.5. The molecule has 3 aromatic rings. The molecular formula is C16H16N4O2S. The van der Waals surface area contributed by atoms with Crippen LogP contribution in [0.15, 0.2) is 40.5 Å². The van der Waals surface area contributed by atoms with Crippen LogP contribution in [-0.4, -0.2) is 21.0 Å². The Hall–Kier alpha value is -2.54. The Morgan fingerprint density at radius 1 is 1.43 bits per heavy atom. The monoisotopic (exact) mass is 328 g/mol. The third-order valence-electron chi connectivity index (χ3n) is 3.25. The van der Waals surface area contributed by atoms with Crippen LogP contribution in [0.4, 0.5) is 0 Å². The van der Waals surface area contributed by atoms with Gasteiger partial charge in [0.05, 0.1) is 12.2 Å². The third kappa shape index (κ3) is 3.62. The molecule has 0 atom stereocenters. The molecule has 0 unspecified atom stereocenters. The highest BCUT2D eigenvalue weighted by Crippen LogP contribution is 2.19. The van der Waals surface area contributed by atoms with Crippen molar-refractivity contribution in [1.29, 1.82) is 0 Å². The molecule has 0 saturated heterocycles. The molecule has 6 nitrogen and oxygen atoms in total. The molecule has 3 heterocycles. The van der Waals surface area contributed by atoms with E-state index < -0.39 is 0 Å². The number of carbonyl (C=O) groups is 1. The Morgan fingerprint density at radius 2 is 2.30 bits per heavy atom. The van der Waals surface area contributed by atoms with Crippen molar-refractivity contribution >= 4 is 17.2 Å². The lowest BCUT2D eigenvalue weighted by atomic mass is 10.2. The lowest BCUT2D eigenvalue weighted by Crippen LogP contribution is -2.22. The molecule has 0 aliphatic carbocycles. The highest BCUT2D eigenvalue weighted by molar-refractivity contribution is 7.11. The average molecular weight is 328 g/mol. The SMILES string of the molecule is CC(C)c1csc(C(=O)NCc2cc(-c3cccnc3)no2)n1. The summed E-state index contributed by atoms with van der Waals surface area (Å²) in [5.74, 6) is 0.684. The van der Waals surface area contributed by atoms with Crippen molar-refractivity contribution in [3.63, 3.8) is 0 Å². The van der Waals surface area contributed by atoms with Gasteiger partial charge in [0.25, 0.3) is 5.91 Å². The summed E-state index contributed by atoms with van der Waals surface area (Å²) in [7, 11) is 0. The van der Waals surface area contributed by atoms with Crippen LogP contribution in [0.2, 0.25) is 0 Å². The quantitative estimate of drug-likeness (QED) is 0.777. The molecule has 1 amide bonds. The van der Waals surface area contributed by atoms with Crippen LogP contribution in [0.25, 0.3) is 11.3 Å². The van der Waals surface area contributed by atoms with Crippen LogP contribution < -0.4 is 5.32 Å². The zero-order chi connectivity index (χ0) is 16.2. The van der Waals surface area contributed by atoms with Gasteiger partial charge in [-0.3, -0.25) is 9.78 Å². The Bertz CT molecular complexity index is 795. The van der Waals surface area contributed by atoms with Gasteiger partial charge in [-0.15, -0.1) is 11.3 Å². The number of thiazole rings is 1. The zero-order valence-corrected chi connectivity index (χ0v) is 13.6. The fourth-order valence-electron chi connectivity index (χ4n) is 1.95. The molecule has 0 spiro atoms. The first kappa shape index (κ1) is 15.4. The highest BCUT2D eigenvalue weighted by Gasteiger charge is 2.14. The van der Waals surface area contributed by atoms with Gasteiger partial charge in [0, 0.05) is 29.4 Å². The van der Waals surface area contributed by atoms with Crippen LogP contribution in [-0.2, 0) is 6.54 Å². The number of amides is 1. The lowest BCUT2D eigenvalue weighted by Gasteiger charge is -1.99. The number of nitrogens with one attached hydrogen (secondary N) is 1. The van der Waals surface area contributed by atoms with Gasteiger partial charge in [-0.1, -0.05) is 19.0 Å². The number of rotatable bonds is 5. The molecular weight excluding hydrogens is 312 g/mol. The number of pyridine rings is 1. The molecule has 7 heteroatoms. The molecule has 3 rings (SSSR count). The van der Waals surface area contributed by atoms with E-state index in [1.54, 1.807) is 18.5 Å². The largest absolute Gasteiger partial charge is 0.359 e. The summed E-state index contributed by atoms with van der Waals surface area (Å²) < 4.78 is 5.24. The first-order valence-electron chi connectivity index (χ1n) is 7.23. The maximum absolute atomic E-state index is 12.1. The maximum Gasteiger partial charge on any atom is 0.280 e. The van der Waals surface area contributed by atoms with E-state index in [1.165, 1.54) is 11.3 Å². The van der Waals surface area contributed by atoms with E-state index in [4.69, 9.17) is 4.52 Å². The van der Waals surface area contributed by atoms with E-state index in [0.717, 1.165) is 11.3 Å². The molecule has 23 heavy (non-hydrogen) atoms. The summed E-state index contributed by atoms with van der Waals surface area (Å²) in [5.41, 5.74) is 2.49. The van der Waals surface area contributed by atoms with Gasteiger partial charge >= 0.3 is 0 Å². The van der Waals surface area contributed by atoms with E-state index in [9.17, 15) is 4.79 Å². The van der Waals surface area contributed by atoms with E-state index in [2.05, 4.69) is 20.4 Å². The van der Waals surface area contributed by atoms with Gasteiger partial charge in [0.1, 0.15) is 5.69 Å². The fourth-order valence-corrected chi connectivity index (χ4v) is 2.84. The molecule has 0 aromatic carbocycles. The van der Waals surface area contributed by atoms with Crippen LogP contribution in [0.5, 0.6) is 0 Å². The van der Waals surface area contributed by atoms with Crippen LogP contribution in [0.3, 0.4) is 0 Å². The summed E-state index contributed by atoms with van der Waals surface area (Å²) >= 11 is 1.35. The van der Waals surface area contributed by atoms with E-state index >= 15 is 0 Å². The second kappa shape index (κ2) is 6.70. The molecule has 0 fully saturated rings.